The summed E-state index contributed by atoms with van der Waals surface area (Å²) in [5, 5.41) is 0. The van der Waals surface area contributed by atoms with Gasteiger partial charge in [-0.3, -0.25) is 0 Å². The summed E-state index contributed by atoms with van der Waals surface area (Å²) in [7, 11) is 0. The molecule has 0 unspecified atom stereocenters. The number of fused-ring (bicyclic) bond motifs is 1. The first-order chi connectivity index (χ1) is 8.75. The average Bonchev–Trinajstić information content (AvgIpc) is 2.95. The molecule has 1 aromatic carbocycles. The lowest BCUT2D eigenvalue weighted by molar-refractivity contribution is 1.00. The van der Waals surface area contributed by atoms with E-state index in [1.54, 1.807) is 0 Å². The second kappa shape index (κ2) is 5.21. The Bertz CT molecular complexity index is 557. The molecule has 0 atom stereocenters. The summed E-state index contributed by atoms with van der Waals surface area (Å²) < 4.78 is 2.24. The Morgan fingerprint density at radius 1 is 0.944 bits per heavy atom. The van der Waals surface area contributed by atoms with Gasteiger partial charge in [0.1, 0.15) is 5.84 Å². The molecule has 0 spiro atoms. The van der Waals surface area contributed by atoms with Crippen LogP contribution in [-0.2, 0) is 6.42 Å². The molecule has 0 fully saturated rings. The number of rotatable bonds is 0. The lowest BCUT2D eigenvalue weighted by atomic mass is 10.1. The Balaban J connectivity index is 0.000000574. The summed E-state index contributed by atoms with van der Waals surface area (Å²) in [5.41, 5.74) is 4.95. The van der Waals surface area contributed by atoms with Crippen LogP contribution in [-0.4, -0.2) is 10.4 Å². The van der Waals surface area contributed by atoms with Crippen molar-refractivity contribution in [2.45, 2.75) is 34.1 Å². The minimum Gasteiger partial charge on any atom is -0.306 e. The van der Waals surface area contributed by atoms with E-state index in [-0.39, 0.29) is 0 Å². The van der Waals surface area contributed by atoms with E-state index in [1.807, 2.05) is 19.9 Å². The number of aromatic nitrogens is 1. The van der Waals surface area contributed by atoms with Gasteiger partial charge in [0.15, 0.2) is 0 Å². The molecule has 94 valence electrons. The van der Waals surface area contributed by atoms with E-state index < -0.39 is 0 Å². The van der Waals surface area contributed by atoms with Crippen LogP contribution in [0.4, 0.5) is 5.69 Å². The maximum absolute atomic E-state index is 4.70. The average molecular weight is 240 g/mol. The van der Waals surface area contributed by atoms with Crippen LogP contribution in [0, 0.1) is 13.8 Å². The van der Waals surface area contributed by atoms with Crippen LogP contribution in [0.15, 0.2) is 41.4 Å². The van der Waals surface area contributed by atoms with Crippen molar-refractivity contribution >= 4 is 11.5 Å². The van der Waals surface area contributed by atoms with Gasteiger partial charge in [-0.25, -0.2) is 4.99 Å². The fourth-order valence-corrected chi connectivity index (χ4v) is 2.32. The van der Waals surface area contributed by atoms with Crippen LogP contribution in [0.1, 0.15) is 30.8 Å². The standard InChI is InChI=1S/C14H14N2.C2H6/c1-10-7-8-11(2)16(10)14-9-12-5-3-4-6-13(12)15-14;1-2/h3-8H,9H2,1-2H3;1-2H3. The zero-order valence-electron chi connectivity index (χ0n) is 11.6. The van der Waals surface area contributed by atoms with Crippen molar-refractivity contribution in [3.05, 3.63) is 53.3 Å². The lowest BCUT2D eigenvalue weighted by Crippen LogP contribution is -2.14. The van der Waals surface area contributed by atoms with Crippen LogP contribution < -0.4 is 0 Å². The molecular weight excluding hydrogens is 220 g/mol. The molecule has 1 aliphatic rings. The summed E-state index contributed by atoms with van der Waals surface area (Å²) in [5.74, 6) is 1.14. The first kappa shape index (κ1) is 12.6. The molecule has 0 saturated carbocycles. The maximum Gasteiger partial charge on any atom is 0.118 e. The Morgan fingerprint density at radius 3 is 2.17 bits per heavy atom. The molecule has 2 heterocycles. The number of aliphatic imine (C=N–C) groups is 1. The molecular formula is C16H20N2. The molecule has 18 heavy (non-hydrogen) atoms. The van der Waals surface area contributed by atoms with Crippen LogP contribution in [0.2, 0.25) is 0 Å². The van der Waals surface area contributed by atoms with E-state index in [0.717, 1.165) is 17.9 Å². The number of aryl methyl sites for hydroxylation is 2. The molecule has 0 N–H and O–H groups in total. The molecule has 0 amide bonds. The van der Waals surface area contributed by atoms with Crippen molar-refractivity contribution in [2.24, 2.45) is 4.99 Å². The summed E-state index contributed by atoms with van der Waals surface area (Å²) in [6.45, 7) is 8.25. The van der Waals surface area contributed by atoms with Crippen molar-refractivity contribution in [3.63, 3.8) is 0 Å². The number of nitrogens with zero attached hydrogens (tertiary/aromatic N) is 2. The van der Waals surface area contributed by atoms with E-state index in [1.165, 1.54) is 17.0 Å². The van der Waals surface area contributed by atoms with E-state index in [0.29, 0.717) is 0 Å². The van der Waals surface area contributed by atoms with E-state index in [4.69, 9.17) is 4.99 Å². The number of hydrogen-bond acceptors (Lipinski definition) is 1. The van der Waals surface area contributed by atoms with E-state index >= 15 is 0 Å². The van der Waals surface area contributed by atoms with Crippen LogP contribution in [0.3, 0.4) is 0 Å². The zero-order chi connectivity index (χ0) is 13.1. The third-order valence-electron chi connectivity index (χ3n) is 3.12. The molecule has 1 aromatic heterocycles. The zero-order valence-corrected chi connectivity index (χ0v) is 11.6. The van der Waals surface area contributed by atoms with Gasteiger partial charge in [0.2, 0.25) is 0 Å². The normalized spacial score (nSPS) is 12.6. The first-order valence-electron chi connectivity index (χ1n) is 6.56. The molecule has 2 heteroatoms. The molecule has 0 bridgehead atoms. The fraction of sp³-hybridized carbons (Fsp3) is 0.312. The monoisotopic (exact) mass is 240 g/mol. The Labute approximate surface area is 109 Å². The Morgan fingerprint density at radius 2 is 1.56 bits per heavy atom. The van der Waals surface area contributed by atoms with Gasteiger partial charge in [-0.1, -0.05) is 32.0 Å². The van der Waals surface area contributed by atoms with Gasteiger partial charge < -0.3 is 4.57 Å². The predicted octanol–water partition coefficient (Wildman–Crippen LogP) is 4.27. The molecule has 3 rings (SSSR count). The Kier molecular flexibility index (Phi) is 3.66. The van der Waals surface area contributed by atoms with Crippen molar-refractivity contribution < 1.29 is 0 Å². The molecule has 2 aromatic rings. The van der Waals surface area contributed by atoms with Crippen LogP contribution in [0.5, 0.6) is 0 Å². The quantitative estimate of drug-likeness (QED) is 0.654. The topological polar surface area (TPSA) is 17.3 Å². The fourth-order valence-electron chi connectivity index (χ4n) is 2.32. The predicted molar refractivity (Wildman–Crippen MR) is 77.9 cm³/mol. The molecule has 1 aliphatic heterocycles. The number of hydrogen-bond donors (Lipinski definition) is 0. The summed E-state index contributed by atoms with van der Waals surface area (Å²) >= 11 is 0. The second-order valence-corrected chi connectivity index (χ2v) is 4.29. The maximum atomic E-state index is 4.70. The third kappa shape index (κ3) is 2.10. The third-order valence-corrected chi connectivity index (χ3v) is 3.12. The van der Waals surface area contributed by atoms with Crippen LogP contribution in [0.25, 0.3) is 0 Å². The highest BCUT2D eigenvalue weighted by Crippen LogP contribution is 2.27. The molecule has 0 radical (unpaired) electrons. The van der Waals surface area contributed by atoms with Crippen molar-refractivity contribution in [2.75, 3.05) is 0 Å². The molecule has 0 saturated heterocycles. The van der Waals surface area contributed by atoms with Gasteiger partial charge >= 0.3 is 0 Å². The second-order valence-electron chi connectivity index (χ2n) is 4.29. The highest BCUT2D eigenvalue weighted by atomic mass is 15.1. The van der Waals surface area contributed by atoms with Gasteiger partial charge in [-0.15, -0.1) is 0 Å². The minimum absolute atomic E-state index is 0.937. The molecule has 2 nitrogen and oxygen atoms in total. The largest absolute Gasteiger partial charge is 0.306 e. The SMILES string of the molecule is CC.Cc1ccc(C)n1C1=Nc2ccccc2C1. The van der Waals surface area contributed by atoms with Crippen molar-refractivity contribution in [1.82, 2.24) is 4.57 Å². The van der Waals surface area contributed by atoms with Gasteiger partial charge in [-0.2, -0.15) is 0 Å². The van der Waals surface area contributed by atoms with Gasteiger partial charge in [-0.05, 0) is 37.6 Å². The highest BCUT2D eigenvalue weighted by molar-refractivity contribution is 5.94. The van der Waals surface area contributed by atoms with Gasteiger partial charge in [0.25, 0.3) is 0 Å². The summed E-state index contributed by atoms with van der Waals surface area (Å²) in [6.07, 6.45) is 0.937. The van der Waals surface area contributed by atoms with Crippen LogP contribution >= 0.6 is 0 Å². The smallest absolute Gasteiger partial charge is 0.118 e. The summed E-state index contributed by atoms with van der Waals surface area (Å²) in [6, 6.07) is 12.6. The van der Waals surface area contributed by atoms with E-state index in [9.17, 15) is 0 Å². The van der Waals surface area contributed by atoms with E-state index in [2.05, 4.69) is 48.7 Å². The highest BCUT2D eigenvalue weighted by Gasteiger charge is 2.17. The number of para-hydroxylation sites is 1. The molecule has 0 aliphatic carbocycles. The van der Waals surface area contributed by atoms with Crippen molar-refractivity contribution in [3.8, 4) is 0 Å². The summed E-state index contributed by atoms with van der Waals surface area (Å²) in [4.78, 5) is 4.70. The van der Waals surface area contributed by atoms with Gasteiger partial charge in [0.05, 0.1) is 5.69 Å². The lowest BCUT2D eigenvalue weighted by Gasteiger charge is -2.07. The van der Waals surface area contributed by atoms with Crippen molar-refractivity contribution in [1.29, 1.82) is 0 Å². The Hall–Kier alpha value is -1.83. The van der Waals surface area contributed by atoms with Gasteiger partial charge in [0, 0.05) is 17.8 Å². The first-order valence-corrected chi connectivity index (χ1v) is 6.56. The number of benzene rings is 1. The minimum atomic E-state index is 0.937.